The molecule has 2 heterocycles. The Hall–Kier alpha value is -5.59. The average molecular weight is 686 g/mol. The van der Waals surface area contributed by atoms with Crippen LogP contribution in [0.15, 0.2) is 78.9 Å². The van der Waals surface area contributed by atoms with Gasteiger partial charge in [-0.1, -0.05) is 42.5 Å². The molecule has 50 heavy (non-hydrogen) atoms. The summed E-state index contributed by atoms with van der Waals surface area (Å²) in [5.74, 6) is -0.929. The highest BCUT2D eigenvalue weighted by molar-refractivity contribution is 6.01. The fourth-order valence-corrected chi connectivity index (χ4v) is 6.04. The zero-order valence-corrected chi connectivity index (χ0v) is 28.3. The van der Waals surface area contributed by atoms with Crippen molar-refractivity contribution in [2.45, 2.75) is 43.8 Å². The highest BCUT2D eigenvalue weighted by Gasteiger charge is 2.38. The van der Waals surface area contributed by atoms with Crippen molar-refractivity contribution >= 4 is 29.5 Å². The van der Waals surface area contributed by atoms with Crippen LogP contribution in [-0.2, 0) is 25.6 Å². The molecule has 0 radical (unpaired) electrons. The van der Waals surface area contributed by atoms with Gasteiger partial charge >= 0.3 is 0 Å². The van der Waals surface area contributed by atoms with Gasteiger partial charge in [-0.2, -0.15) is 0 Å². The van der Waals surface area contributed by atoms with Crippen molar-refractivity contribution < 1.29 is 38.2 Å². The van der Waals surface area contributed by atoms with Gasteiger partial charge in [0.1, 0.15) is 42.5 Å². The average Bonchev–Trinajstić information content (AvgIpc) is 3.62. The number of para-hydroxylation sites is 1. The largest absolute Gasteiger partial charge is 0.497 e. The van der Waals surface area contributed by atoms with Crippen molar-refractivity contribution in [3.63, 3.8) is 0 Å². The number of carbonyl (C=O) groups is 5. The van der Waals surface area contributed by atoms with E-state index in [4.69, 9.17) is 14.2 Å². The van der Waals surface area contributed by atoms with Gasteiger partial charge in [-0.25, -0.2) is 0 Å². The number of nitrogens with zero attached hydrogens (tertiary/aromatic N) is 2. The molecule has 3 N–H and O–H groups in total. The van der Waals surface area contributed by atoms with Crippen LogP contribution in [0.4, 0.5) is 0 Å². The van der Waals surface area contributed by atoms with Crippen molar-refractivity contribution in [2.24, 2.45) is 0 Å². The number of ether oxygens (including phenoxy) is 3. The molecule has 13 nitrogen and oxygen atoms in total. The Labute approximate surface area is 291 Å². The standard InChI is InChI=1S/C37H43N5O8/c1-41-23-33(43)39-26(21-25-9-4-3-5-10-25)24-50-32-13-7-6-11-29(32)35(45)40-30(22-34(44)42-19-8-12-31(42)37(41)47)36(46)38-18-20-49-28-16-14-27(48-2)15-17-28/h3-7,9-11,13-17,26,30-31H,8,12,18-24H2,1-2H3,(H,38,46)(H,39,43)(H,40,45)/t26-,30+,31-/m1/s1. The smallest absolute Gasteiger partial charge is 0.255 e. The summed E-state index contributed by atoms with van der Waals surface area (Å²) in [7, 11) is 3.10. The predicted octanol–water partition coefficient (Wildman–Crippen LogP) is 1.95. The third kappa shape index (κ3) is 9.52. The van der Waals surface area contributed by atoms with E-state index in [1.165, 1.54) is 16.8 Å². The second kappa shape index (κ2) is 17.2. The number of benzene rings is 3. The van der Waals surface area contributed by atoms with Crippen molar-refractivity contribution in [3.05, 3.63) is 90.0 Å². The molecule has 1 fully saturated rings. The monoisotopic (exact) mass is 685 g/mol. The van der Waals surface area contributed by atoms with Crippen LogP contribution in [0.3, 0.4) is 0 Å². The predicted molar refractivity (Wildman–Crippen MR) is 184 cm³/mol. The lowest BCUT2D eigenvalue weighted by atomic mass is 10.1. The fraction of sp³-hybridized carbons (Fsp3) is 0.378. The molecule has 3 aromatic rings. The number of fused-ring (bicyclic) bond motifs is 2. The van der Waals surface area contributed by atoms with Gasteiger partial charge in [-0.3, -0.25) is 24.0 Å². The quantitative estimate of drug-likeness (QED) is 0.304. The second-order valence-electron chi connectivity index (χ2n) is 12.2. The lowest BCUT2D eigenvalue weighted by Gasteiger charge is -2.29. The van der Waals surface area contributed by atoms with Crippen LogP contribution in [0.2, 0.25) is 0 Å². The summed E-state index contributed by atoms with van der Waals surface area (Å²) in [4.78, 5) is 70.4. The van der Waals surface area contributed by atoms with Gasteiger partial charge in [0.15, 0.2) is 0 Å². The summed E-state index contributed by atoms with van der Waals surface area (Å²) in [5.41, 5.74) is 1.12. The highest BCUT2D eigenvalue weighted by atomic mass is 16.5. The minimum Gasteiger partial charge on any atom is -0.497 e. The summed E-state index contributed by atoms with van der Waals surface area (Å²) in [6.07, 6.45) is 1.05. The van der Waals surface area contributed by atoms with E-state index < -0.39 is 35.8 Å². The number of amides is 5. The number of carbonyl (C=O) groups excluding carboxylic acids is 5. The van der Waals surface area contributed by atoms with E-state index in [0.29, 0.717) is 37.3 Å². The first-order chi connectivity index (χ1) is 24.2. The van der Waals surface area contributed by atoms with Crippen molar-refractivity contribution in [2.75, 3.05) is 47.0 Å². The molecule has 0 bridgehead atoms. The molecule has 5 rings (SSSR count). The Balaban J connectivity index is 1.36. The Morgan fingerprint density at radius 3 is 2.42 bits per heavy atom. The highest BCUT2D eigenvalue weighted by Crippen LogP contribution is 2.23. The molecule has 0 aliphatic carbocycles. The maximum absolute atomic E-state index is 13.7. The van der Waals surface area contributed by atoms with Gasteiger partial charge in [0, 0.05) is 13.6 Å². The molecule has 2 aliphatic rings. The molecule has 13 heteroatoms. The van der Waals surface area contributed by atoms with Crippen LogP contribution >= 0.6 is 0 Å². The van der Waals surface area contributed by atoms with Crippen LogP contribution in [0.5, 0.6) is 17.2 Å². The SMILES string of the molecule is COc1ccc(OCCNC(=O)[C@@H]2CC(=O)N3CCC[C@@H]3C(=O)N(C)CC(=O)N[C@H](Cc3ccccc3)COc3ccccc3C(=O)N2)cc1. The van der Waals surface area contributed by atoms with Crippen LogP contribution < -0.4 is 30.2 Å². The lowest BCUT2D eigenvalue weighted by Crippen LogP contribution is -2.53. The first-order valence-electron chi connectivity index (χ1n) is 16.7. The molecule has 0 saturated carbocycles. The van der Waals surface area contributed by atoms with Crippen LogP contribution in [0.25, 0.3) is 0 Å². The minimum atomic E-state index is -1.26. The van der Waals surface area contributed by atoms with Gasteiger partial charge in [-0.05, 0) is 61.2 Å². The van der Waals surface area contributed by atoms with Crippen LogP contribution in [-0.4, -0.2) is 104 Å². The molecule has 1 saturated heterocycles. The second-order valence-corrected chi connectivity index (χ2v) is 12.2. The van der Waals surface area contributed by atoms with E-state index in [9.17, 15) is 24.0 Å². The molecule has 0 aromatic heterocycles. The van der Waals surface area contributed by atoms with E-state index in [1.54, 1.807) is 55.6 Å². The molecule has 264 valence electrons. The Bertz CT molecular complexity index is 1650. The Morgan fingerprint density at radius 2 is 1.66 bits per heavy atom. The van der Waals surface area contributed by atoms with Crippen molar-refractivity contribution in [1.29, 1.82) is 0 Å². The molecule has 3 atom stereocenters. The van der Waals surface area contributed by atoms with Gasteiger partial charge in [0.25, 0.3) is 5.91 Å². The van der Waals surface area contributed by atoms with E-state index in [-0.39, 0.29) is 55.9 Å². The Kier molecular flexibility index (Phi) is 12.3. The molecule has 0 unspecified atom stereocenters. The maximum Gasteiger partial charge on any atom is 0.255 e. The summed E-state index contributed by atoms with van der Waals surface area (Å²) >= 11 is 0. The van der Waals surface area contributed by atoms with E-state index >= 15 is 0 Å². The number of rotatable bonds is 8. The van der Waals surface area contributed by atoms with Gasteiger partial charge < -0.3 is 40.0 Å². The van der Waals surface area contributed by atoms with Crippen LogP contribution in [0.1, 0.15) is 35.2 Å². The zero-order chi connectivity index (χ0) is 35.5. The molecular weight excluding hydrogens is 642 g/mol. The summed E-state index contributed by atoms with van der Waals surface area (Å²) < 4.78 is 17.0. The van der Waals surface area contributed by atoms with E-state index in [2.05, 4.69) is 16.0 Å². The summed E-state index contributed by atoms with van der Waals surface area (Å²) in [6.45, 7) is 0.349. The van der Waals surface area contributed by atoms with Crippen molar-refractivity contribution in [1.82, 2.24) is 25.8 Å². The van der Waals surface area contributed by atoms with Gasteiger partial charge in [0.05, 0.1) is 38.2 Å². The topological polar surface area (TPSA) is 156 Å². The number of hydrogen-bond acceptors (Lipinski definition) is 8. The number of hydrogen-bond donors (Lipinski definition) is 3. The molecular formula is C37H43N5O8. The normalized spacial score (nSPS) is 20.4. The Morgan fingerprint density at radius 1 is 0.940 bits per heavy atom. The van der Waals surface area contributed by atoms with Crippen molar-refractivity contribution in [3.8, 4) is 17.2 Å². The third-order valence-corrected chi connectivity index (χ3v) is 8.61. The molecule has 5 amide bonds. The fourth-order valence-electron chi connectivity index (χ4n) is 6.04. The maximum atomic E-state index is 13.7. The minimum absolute atomic E-state index is 0.0234. The van der Waals surface area contributed by atoms with E-state index in [1.807, 2.05) is 30.3 Å². The van der Waals surface area contributed by atoms with Gasteiger partial charge in [0.2, 0.25) is 23.6 Å². The lowest BCUT2D eigenvalue weighted by molar-refractivity contribution is -0.145. The number of methoxy groups -OCH3 is 1. The van der Waals surface area contributed by atoms with Crippen LogP contribution in [0, 0.1) is 0 Å². The summed E-state index contributed by atoms with van der Waals surface area (Å²) in [5, 5.41) is 8.46. The molecule has 3 aromatic carbocycles. The summed E-state index contributed by atoms with van der Waals surface area (Å²) in [6, 6.07) is 20.6. The molecule has 2 aliphatic heterocycles. The molecule has 0 spiro atoms. The first kappa shape index (κ1) is 35.7. The third-order valence-electron chi connectivity index (χ3n) is 8.61. The van der Waals surface area contributed by atoms with E-state index in [0.717, 1.165) is 5.56 Å². The number of likely N-dealkylation sites (N-methyl/N-ethyl adjacent to an activating group) is 1. The zero-order valence-electron chi connectivity index (χ0n) is 28.3. The first-order valence-corrected chi connectivity index (χ1v) is 16.7. The van der Waals surface area contributed by atoms with Gasteiger partial charge in [-0.15, -0.1) is 0 Å². The number of nitrogens with one attached hydrogen (secondary N) is 3.